The lowest BCUT2D eigenvalue weighted by atomic mass is 9.91. The highest BCUT2D eigenvalue weighted by atomic mass is 16.4. The second-order valence-corrected chi connectivity index (χ2v) is 7.97. The number of rotatable bonds is 8. The minimum absolute atomic E-state index is 0.127. The maximum absolute atomic E-state index is 13.1. The van der Waals surface area contributed by atoms with E-state index >= 15 is 0 Å². The van der Waals surface area contributed by atoms with Gasteiger partial charge < -0.3 is 21.1 Å². The van der Waals surface area contributed by atoms with E-state index in [1.165, 1.54) is 18.9 Å². The number of carbonyl (C=O) groups excluding carboxylic acids is 3. The van der Waals surface area contributed by atoms with Crippen molar-refractivity contribution in [3.8, 4) is 0 Å². The Morgan fingerprint density at radius 1 is 1.15 bits per heavy atom. The van der Waals surface area contributed by atoms with Gasteiger partial charge in [0, 0.05) is 12.6 Å². The van der Waals surface area contributed by atoms with E-state index in [9.17, 15) is 24.3 Å². The van der Waals surface area contributed by atoms with Gasteiger partial charge in [0.25, 0.3) is 5.91 Å². The fourth-order valence-electron chi connectivity index (χ4n) is 3.76. The van der Waals surface area contributed by atoms with E-state index in [1.54, 1.807) is 54.6 Å². The molecule has 1 aliphatic rings. The van der Waals surface area contributed by atoms with Crippen LogP contribution in [0.2, 0.25) is 0 Å². The maximum atomic E-state index is 13.1. The molecular weight excluding hydrogens is 426 g/mol. The zero-order valence-corrected chi connectivity index (χ0v) is 18.2. The molecule has 5 N–H and O–H groups in total. The van der Waals surface area contributed by atoms with Gasteiger partial charge in [-0.05, 0) is 18.1 Å². The molecule has 1 fully saturated rings. The summed E-state index contributed by atoms with van der Waals surface area (Å²) in [7, 11) is 1.45. The largest absolute Gasteiger partial charge is 0.481 e. The van der Waals surface area contributed by atoms with Crippen molar-refractivity contribution in [2.24, 2.45) is 5.73 Å². The summed E-state index contributed by atoms with van der Waals surface area (Å²) in [4.78, 5) is 52.2. The number of hydrogen-bond acceptors (Lipinski definition) is 5. The molecule has 1 aliphatic heterocycles. The lowest BCUT2D eigenvalue weighted by Crippen LogP contribution is -2.44. The molecule has 2 aromatic carbocycles. The van der Waals surface area contributed by atoms with Crippen molar-refractivity contribution in [1.82, 2.24) is 15.1 Å². The van der Waals surface area contributed by atoms with Crippen molar-refractivity contribution in [3.63, 3.8) is 0 Å². The van der Waals surface area contributed by atoms with Crippen LogP contribution in [0.15, 0.2) is 54.6 Å². The summed E-state index contributed by atoms with van der Waals surface area (Å²) < 4.78 is 0. The summed E-state index contributed by atoms with van der Waals surface area (Å²) in [6.45, 7) is 0.993. The number of benzene rings is 2. The number of nitrogens with zero attached hydrogens (tertiary/aromatic N) is 2. The summed E-state index contributed by atoms with van der Waals surface area (Å²) >= 11 is 0. The van der Waals surface area contributed by atoms with E-state index in [0.29, 0.717) is 16.7 Å². The molecule has 0 saturated carbocycles. The first-order chi connectivity index (χ1) is 15.5. The Kier molecular flexibility index (Phi) is 6.47. The monoisotopic (exact) mass is 451 g/mol. The number of nitrogens with one attached hydrogen (secondary N) is 2. The minimum atomic E-state index is -1.40. The number of nitrogen functional groups attached to an aromatic ring is 1. The van der Waals surface area contributed by atoms with Crippen LogP contribution in [0.5, 0.6) is 0 Å². The molecule has 2 aromatic rings. The number of likely N-dealkylation sites (N-methyl/N-ethyl adjacent to an activating group) is 1. The Balaban J connectivity index is 1.80. The van der Waals surface area contributed by atoms with Gasteiger partial charge >= 0.3 is 12.0 Å². The average Bonchev–Trinajstić information content (AvgIpc) is 3.01. The summed E-state index contributed by atoms with van der Waals surface area (Å²) in [5.74, 6) is -2.40. The molecule has 0 aliphatic carbocycles. The third-order valence-corrected chi connectivity index (χ3v) is 5.75. The molecule has 2 atom stereocenters. The molecule has 0 bridgehead atoms. The predicted octanol–water partition coefficient (Wildman–Crippen LogP) is 1.41. The van der Waals surface area contributed by atoms with Crippen molar-refractivity contribution in [1.29, 1.82) is 5.41 Å². The van der Waals surface area contributed by atoms with Crippen molar-refractivity contribution in [2.75, 3.05) is 13.6 Å². The maximum Gasteiger partial charge on any atom is 0.325 e. The van der Waals surface area contributed by atoms with E-state index in [-0.39, 0.29) is 12.3 Å². The Bertz CT molecular complexity index is 1100. The van der Waals surface area contributed by atoms with E-state index in [0.717, 1.165) is 4.90 Å². The van der Waals surface area contributed by atoms with Gasteiger partial charge in [-0.3, -0.25) is 24.7 Å². The first-order valence-corrected chi connectivity index (χ1v) is 10.2. The molecule has 0 radical (unpaired) electrons. The number of urea groups is 1. The Hall–Kier alpha value is -4.21. The zero-order chi connectivity index (χ0) is 24.3. The molecular formula is C23H25N5O5. The molecule has 4 amide bonds. The lowest BCUT2D eigenvalue weighted by molar-refractivity contribution is -0.142. The normalized spacial score (nSPS) is 18.5. The van der Waals surface area contributed by atoms with E-state index in [1.807, 2.05) is 0 Å². The van der Waals surface area contributed by atoms with Crippen molar-refractivity contribution in [2.45, 2.75) is 24.9 Å². The minimum Gasteiger partial charge on any atom is -0.481 e. The van der Waals surface area contributed by atoms with Crippen LogP contribution in [-0.4, -0.2) is 58.1 Å². The fraction of sp³-hybridized carbons (Fsp3) is 0.261. The Morgan fingerprint density at radius 3 is 2.30 bits per heavy atom. The van der Waals surface area contributed by atoms with Crippen molar-refractivity contribution in [3.05, 3.63) is 71.3 Å². The molecule has 0 aromatic heterocycles. The zero-order valence-electron chi connectivity index (χ0n) is 18.2. The van der Waals surface area contributed by atoms with Crippen LogP contribution in [-0.2, 0) is 19.9 Å². The van der Waals surface area contributed by atoms with Gasteiger partial charge in [-0.15, -0.1) is 0 Å². The van der Waals surface area contributed by atoms with Crippen LogP contribution in [0.25, 0.3) is 0 Å². The highest BCUT2D eigenvalue weighted by Gasteiger charge is 2.49. The molecule has 33 heavy (non-hydrogen) atoms. The first kappa shape index (κ1) is 23.5. The molecule has 0 spiro atoms. The summed E-state index contributed by atoms with van der Waals surface area (Å²) in [5, 5.41) is 19.4. The summed E-state index contributed by atoms with van der Waals surface area (Å²) in [6.07, 6.45) is -0.327. The average molecular weight is 451 g/mol. The van der Waals surface area contributed by atoms with E-state index in [2.05, 4.69) is 5.32 Å². The van der Waals surface area contributed by atoms with Crippen LogP contribution in [0, 0.1) is 5.41 Å². The second kappa shape index (κ2) is 9.11. The van der Waals surface area contributed by atoms with Crippen molar-refractivity contribution < 1.29 is 24.3 Å². The predicted molar refractivity (Wildman–Crippen MR) is 119 cm³/mol. The first-order valence-electron chi connectivity index (χ1n) is 10.2. The van der Waals surface area contributed by atoms with Gasteiger partial charge in [0.05, 0.1) is 12.5 Å². The van der Waals surface area contributed by atoms with Gasteiger partial charge in [0.2, 0.25) is 5.91 Å². The third kappa shape index (κ3) is 4.69. The van der Waals surface area contributed by atoms with Gasteiger partial charge in [-0.25, -0.2) is 4.79 Å². The molecule has 10 nitrogen and oxygen atoms in total. The smallest absolute Gasteiger partial charge is 0.325 e. The molecule has 1 saturated heterocycles. The Labute approximate surface area is 190 Å². The highest BCUT2D eigenvalue weighted by molar-refractivity contribution is 6.09. The number of imide groups is 1. The molecule has 0 unspecified atom stereocenters. The second-order valence-electron chi connectivity index (χ2n) is 7.97. The SMILES string of the molecule is CN(C(=O)CN1C(=O)N[C@@](C)(c2ccc(C(=N)N)cc2)C1=O)[C@@H](CC(=O)O)c1ccccc1. The third-order valence-electron chi connectivity index (χ3n) is 5.75. The van der Waals surface area contributed by atoms with Gasteiger partial charge in [0.1, 0.15) is 17.9 Å². The molecule has 172 valence electrons. The van der Waals surface area contributed by atoms with Crippen molar-refractivity contribution >= 4 is 29.7 Å². The number of carboxylic acid groups (broad SMARTS) is 1. The highest BCUT2D eigenvalue weighted by Crippen LogP contribution is 2.30. The van der Waals surface area contributed by atoms with Gasteiger partial charge in [-0.2, -0.15) is 0 Å². The number of hydrogen-bond donors (Lipinski definition) is 4. The standard InChI is InChI=1S/C23H25N5O5/c1-23(16-10-8-15(9-11-16)20(24)25)21(32)28(22(33)26-23)13-18(29)27(2)17(12-19(30)31)14-6-4-3-5-7-14/h3-11,17H,12-13H2,1-2H3,(H3,24,25)(H,26,33)(H,30,31)/t17-,23-/m0/s1. The number of amides is 4. The topological polar surface area (TPSA) is 157 Å². The molecule has 3 rings (SSSR count). The van der Waals surface area contributed by atoms with E-state index < -0.39 is 41.9 Å². The summed E-state index contributed by atoms with van der Waals surface area (Å²) in [6, 6.07) is 13.5. The number of amidine groups is 1. The number of carboxylic acids is 1. The Morgan fingerprint density at radius 2 is 1.76 bits per heavy atom. The van der Waals surface area contributed by atoms with E-state index in [4.69, 9.17) is 11.1 Å². The van der Waals surface area contributed by atoms with Crippen LogP contribution in [0.3, 0.4) is 0 Å². The molecule has 10 heteroatoms. The fourth-order valence-corrected chi connectivity index (χ4v) is 3.76. The van der Waals surface area contributed by atoms with Gasteiger partial charge in [-0.1, -0.05) is 54.6 Å². The van der Waals surface area contributed by atoms with Crippen LogP contribution >= 0.6 is 0 Å². The molecule has 1 heterocycles. The number of aliphatic carboxylic acids is 1. The quantitative estimate of drug-likeness (QED) is 0.270. The van der Waals surface area contributed by atoms with Crippen LogP contribution in [0.4, 0.5) is 4.79 Å². The summed E-state index contributed by atoms with van der Waals surface area (Å²) in [5.41, 5.74) is 5.64. The number of nitrogens with two attached hydrogens (primary N) is 1. The van der Waals surface area contributed by atoms with Crippen LogP contribution in [0.1, 0.15) is 36.1 Å². The van der Waals surface area contributed by atoms with Gasteiger partial charge in [0.15, 0.2) is 0 Å². The number of carbonyl (C=O) groups is 4. The van der Waals surface area contributed by atoms with Crippen LogP contribution < -0.4 is 11.1 Å². The lowest BCUT2D eigenvalue weighted by Gasteiger charge is -2.29.